The molecule has 128 valence electrons. The zero-order valence-corrected chi connectivity index (χ0v) is 15.2. The number of carbonyl (C=O) groups is 1. The maximum absolute atomic E-state index is 12.3. The van der Waals surface area contributed by atoms with E-state index in [0.717, 1.165) is 5.00 Å². The quantitative estimate of drug-likeness (QED) is 0.673. The van der Waals surface area contributed by atoms with Crippen molar-refractivity contribution in [2.75, 3.05) is 10.0 Å². The lowest BCUT2D eigenvalue weighted by molar-refractivity contribution is 0.102. The molecule has 5 nitrogen and oxygen atoms in total. The maximum Gasteiger partial charge on any atom is 0.261 e. The van der Waals surface area contributed by atoms with Crippen LogP contribution in [0.2, 0.25) is 5.02 Å². The van der Waals surface area contributed by atoms with E-state index in [0.29, 0.717) is 16.3 Å². The Morgan fingerprint density at radius 2 is 1.64 bits per heavy atom. The summed E-state index contributed by atoms with van der Waals surface area (Å²) in [6.45, 7) is 0. The summed E-state index contributed by atoms with van der Waals surface area (Å²) in [6, 6.07) is 15.7. The zero-order valence-electron chi connectivity index (χ0n) is 12.8. The van der Waals surface area contributed by atoms with Gasteiger partial charge >= 0.3 is 0 Å². The van der Waals surface area contributed by atoms with Crippen molar-refractivity contribution in [3.05, 3.63) is 76.6 Å². The number of sulfonamides is 1. The minimum atomic E-state index is -3.71. The molecule has 0 aliphatic heterocycles. The molecule has 0 bridgehead atoms. The molecule has 0 unspecified atom stereocenters. The smallest absolute Gasteiger partial charge is 0.261 e. The van der Waals surface area contributed by atoms with Gasteiger partial charge in [-0.1, -0.05) is 11.6 Å². The van der Waals surface area contributed by atoms with E-state index >= 15 is 0 Å². The molecule has 0 atom stereocenters. The summed E-state index contributed by atoms with van der Waals surface area (Å²) in [5.74, 6) is -0.255. The van der Waals surface area contributed by atoms with Gasteiger partial charge in [0.1, 0.15) is 0 Å². The fourth-order valence-electron chi connectivity index (χ4n) is 2.05. The molecule has 0 aliphatic carbocycles. The van der Waals surface area contributed by atoms with Crippen LogP contribution in [0, 0.1) is 0 Å². The number of halogens is 1. The van der Waals surface area contributed by atoms with Crippen LogP contribution in [0.3, 0.4) is 0 Å². The molecule has 0 radical (unpaired) electrons. The van der Waals surface area contributed by atoms with Gasteiger partial charge in [0.15, 0.2) is 0 Å². The molecule has 1 heterocycles. The third kappa shape index (κ3) is 4.39. The molecule has 0 fully saturated rings. The van der Waals surface area contributed by atoms with E-state index in [-0.39, 0.29) is 10.8 Å². The van der Waals surface area contributed by atoms with Crippen LogP contribution in [0.25, 0.3) is 0 Å². The van der Waals surface area contributed by atoms with Crippen molar-refractivity contribution >= 4 is 49.6 Å². The Balaban J connectivity index is 1.72. The molecule has 2 aromatic carbocycles. The fraction of sp³-hybridized carbons (Fsp3) is 0. The number of hydrogen-bond acceptors (Lipinski definition) is 4. The van der Waals surface area contributed by atoms with Gasteiger partial charge in [-0.2, -0.15) is 0 Å². The van der Waals surface area contributed by atoms with Gasteiger partial charge in [0.25, 0.3) is 15.9 Å². The fourth-order valence-corrected chi connectivity index (χ4v) is 3.85. The summed E-state index contributed by atoms with van der Waals surface area (Å²) >= 11 is 7.19. The monoisotopic (exact) mass is 392 g/mol. The number of amides is 1. The molecule has 0 spiro atoms. The number of anilines is 2. The van der Waals surface area contributed by atoms with E-state index in [1.807, 2.05) is 11.4 Å². The summed E-state index contributed by atoms with van der Waals surface area (Å²) in [5, 5.41) is 5.84. The molecule has 1 aromatic heterocycles. The van der Waals surface area contributed by atoms with E-state index in [2.05, 4.69) is 10.0 Å². The summed E-state index contributed by atoms with van der Waals surface area (Å²) < 4.78 is 27.1. The number of benzene rings is 2. The number of rotatable bonds is 5. The van der Waals surface area contributed by atoms with Gasteiger partial charge in [-0.05, 0) is 66.0 Å². The van der Waals surface area contributed by atoms with E-state index < -0.39 is 10.0 Å². The van der Waals surface area contributed by atoms with Gasteiger partial charge in [0.2, 0.25) is 0 Å². The molecule has 0 saturated carbocycles. The highest BCUT2D eigenvalue weighted by molar-refractivity contribution is 7.92. The second kappa shape index (κ2) is 7.26. The highest BCUT2D eigenvalue weighted by Gasteiger charge is 2.14. The number of carbonyl (C=O) groups excluding carboxylic acids is 1. The first-order valence-electron chi connectivity index (χ1n) is 7.17. The second-order valence-corrected chi connectivity index (χ2v) is 8.13. The van der Waals surface area contributed by atoms with Gasteiger partial charge in [-0.3, -0.25) is 9.52 Å². The van der Waals surface area contributed by atoms with E-state index in [4.69, 9.17) is 11.6 Å². The van der Waals surface area contributed by atoms with E-state index in [1.165, 1.54) is 47.7 Å². The zero-order chi connectivity index (χ0) is 17.9. The minimum absolute atomic E-state index is 0.108. The van der Waals surface area contributed by atoms with Crippen LogP contribution in [0.5, 0.6) is 0 Å². The van der Waals surface area contributed by atoms with Crippen LogP contribution in [0.4, 0.5) is 10.7 Å². The molecule has 3 rings (SSSR count). The topological polar surface area (TPSA) is 75.3 Å². The molecule has 0 aliphatic rings. The molecule has 0 saturated heterocycles. The average Bonchev–Trinajstić information content (AvgIpc) is 3.08. The molecule has 3 aromatic rings. The summed E-state index contributed by atoms with van der Waals surface area (Å²) in [4.78, 5) is 12.2. The first-order chi connectivity index (χ1) is 11.9. The Morgan fingerprint density at radius 1 is 0.960 bits per heavy atom. The van der Waals surface area contributed by atoms with Crippen LogP contribution in [-0.4, -0.2) is 14.3 Å². The Kier molecular flexibility index (Phi) is 5.08. The number of hydrogen-bond donors (Lipinski definition) is 2. The van der Waals surface area contributed by atoms with Gasteiger partial charge < -0.3 is 5.32 Å². The van der Waals surface area contributed by atoms with E-state index in [9.17, 15) is 13.2 Å². The lowest BCUT2D eigenvalue weighted by atomic mass is 10.2. The lowest BCUT2D eigenvalue weighted by Crippen LogP contribution is -2.14. The number of nitrogens with one attached hydrogen (secondary N) is 2. The van der Waals surface area contributed by atoms with Crippen LogP contribution >= 0.6 is 22.9 Å². The average molecular weight is 393 g/mol. The first kappa shape index (κ1) is 17.5. The van der Waals surface area contributed by atoms with Gasteiger partial charge in [-0.15, -0.1) is 11.3 Å². The highest BCUT2D eigenvalue weighted by Crippen LogP contribution is 2.20. The third-order valence-corrected chi connectivity index (χ3v) is 5.72. The van der Waals surface area contributed by atoms with Crippen molar-refractivity contribution < 1.29 is 13.2 Å². The predicted molar refractivity (Wildman–Crippen MR) is 101 cm³/mol. The van der Waals surface area contributed by atoms with Crippen molar-refractivity contribution in [1.82, 2.24) is 0 Å². The Bertz CT molecular complexity index is 968. The van der Waals surface area contributed by atoms with Crippen LogP contribution in [0.1, 0.15) is 10.4 Å². The highest BCUT2D eigenvalue weighted by atomic mass is 35.5. The normalized spacial score (nSPS) is 11.1. The van der Waals surface area contributed by atoms with Gasteiger partial charge in [0, 0.05) is 16.3 Å². The van der Waals surface area contributed by atoms with Gasteiger partial charge in [-0.25, -0.2) is 8.42 Å². The molecule has 25 heavy (non-hydrogen) atoms. The summed E-state index contributed by atoms with van der Waals surface area (Å²) in [7, 11) is -3.71. The summed E-state index contributed by atoms with van der Waals surface area (Å²) in [6.07, 6.45) is 0. The van der Waals surface area contributed by atoms with Crippen molar-refractivity contribution in [3.8, 4) is 0 Å². The predicted octanol–water partition coefficient (Wildman–Crippen LogP) is 4.45. The van der Waals surface area contributed by atoms with E-state index in [1.54, 1.807) is 18.2 Å². The third-order valence-electron chi connectivity index (χ3n) is 3.28. The minimum Gasteiger partial charge on any atom is -0.314 e. The Hall–Kier alpha value is -2.35. The molecule has 1 amide bonds. The van der Waals surface area contributed by atoms with Crippen LogP contribution in [-0.2, 0) is 10.0 Å². The molecule has 8 heteroatoms. The largest absolute Gasteiger partial charge is 0.314 e. The SMILES string of the molecule is O=C(Nc1cccs1)c1ccc(NS(=O)(=O)c2ccc(Cl)cc2)cc1. The van der Waals surface area contributed by atoms with Crippen LogP contribution < -0.4 is 10.0 Å². The second-order valence-electron chi connectivity index (χ2n) is 5.07. The lowest BCUT2D eigenvalue weighted by Gasteiger charge is -2.09. The Morgan fingerprint density at radius 3 is 2.24 bits per heavy atom. The Labute approximate surface area is 154 Å². The maximum atomic E-state index is 12.3. The first-order valence-corrected chi connectivity index (χ1v) is 9.91. The van der Waals surface area contributed by atoms with Gasteiger partial charge in [0.05, 0.1) is 9.90 Å². The molecule has 2 N–H and O–H groups in total. The van der Waals surface area contributed by atoms with Crippen molar-refractivity contribution in [3.63, 3.8) is 0 Å². The van der Waals surface area contributed by atoms with Crippen LogP contribution in [0.15, 0.2) is 70.9 Å². The standard InChI is InChI=1S/C17H13ClN2O3S2/c18-13-5-9-15(10-6-13)25(22,23)20-14-7-3-12(4-8-14)17(21)19-16-2-1-11-24-16/h1-11,20H,(H,19,21). The number of thiophene rings is 1. The van der Waals surface area contributed by atoms with Crippen molar-refractivity contribution in [2.45, 2.75) is 4.90 Å². The summed E-state index contributed by atoms with van der Waals surface area (Å²) in [5.41, 5.74) is 0.797. The molecular weight excluding hydrogens is 380 g/mol. The van der Waals surface area contributed by atoms with Crippen molar-refractivity contribution in [1.29, 1.82) is 0 Å². The van der Waals surface area contributed by atoms with Crippen molar-refractivity contribution in [2.24, 2.45) is 0 Å². The molecular formula is C17H13ClN2O3S2.